The third-order valence-electron chi connectivity index (χ3n) is 4.42. The first-order valence-corrected chi connectivity index (χ1v) is 7.88. The minimum absolute atomic E-state index is 0.118. The second-order valence-corrected chi connectivity index (χ2v) is 6.04. The summed E-state index contributed by atoms with van der Waals surface area (Å²) in [5.41, 5.74) is 4.46. The number of carbonyl (C=O) groups excluding carboxylic acids is 1. The number of benzene rings is 1. The van der Waals surface area contributed by atoms with Crippen molar-refractivity contribution in [3.63, 3.8) is 0 Å². The van der Waals surface area contributed by atoms with Crippen LogP contribution in [-0.4, -0.2) is 27.8 Å². The van der Waals surface area contributed by atoms with E-state index in [2.05, 4.69) is 15.4 Å². The van der Waals surface area contributed by atoms with Gasteiger partial charge in [0.25, 0.3) is 5.91 Å². The molecule has 1 unspecified atom stereocenters. The molecule has 2 N–H and O–H groups in total. The Labute approximate surface area is 140 Å². The Morgan fingerprint density at radius 2 is 2.08 bits per heavy atom. The van der Waals surface area contributed by atoms with Gasteiger partial charge in [0.1, 0.15) is 11.4 Å². The SMILES string of the molecule is COc1ccc2cc(C(=O)NC(C)c3c(C)nn(C)c3C)[nH]c2c1. The summed E-state index contributed by atoms with van der Waals surface area (Å²) in [5, 5.41) is 8.43. The van der Waals surface area contributed by atoms with Crippen LogP contribution in [0.25, 0.3) is 10.9 Å². The smallest absolute Gasteiger partial charge is 0.268 e. The van der Waals surface area contributed by atoms with Gasteiger partial charge in [-0.25, -0.2) is 0 Å². The fraction of sp³-hybridized carbons (Fsp3) is 0.333. The maximum absolute atomic E-state index is 12.6. The molecule has 0 saturated carbocycles. The Bertz CT molecular complexity index is 907. The summed E-state index contributed by atoms with van der Waals surface area (Å²) >= 11 is 0. The Hall–Kier alpha value is -2.76. The minimum atomic E-state index is -0.139. The number of rotatable bonds is 4. The van der Waals surface area contributed by atoms with Gasteiger partial charge in [-0.15, -0.1) is 0 Å². The Morgan fingerprint density at radius 3 is 2.71 bits per heavy atom. The first-order valence-electron chi connectivity index (χ1n) is 7.88. The highest BCUT2D eigenvalue weighted by Crippen LogP contribution is 2.23. The molecule has 0 radical (unpaired) electrons. The Balaban J connectivity index is 1.84. The zero-order valence-electron chi connectivity index (χ0n) is 14.6. The number of methoxy groups -OCH3 is 1. The molecule has 6 heteroatoms. The van der Waals surface area contributed by atoms with Gasteiger partial charge < -0.3 is 15.0 Å². The number of hydrogen-bond acceptors (Lipinski definition) is 3. The molecule has 0 spiro atoms. The number of carbonyl (C=O) groups is 1. The van der Waals surface area contributed by atoms with Crippen LogP contribution in [0.1, 0.15) is 40.4 Å². The standard InChI is InChI=1S/C18H22N4O2/c1-10(17-11(2)21-22(4)12(17)3)19-18(23)16-8-13-6-7-14(24-5)9-15(13)20-16/h6-10,20H,1-5H3,(H,19,23). The van der Waals surface area contributed by atoms with E-state index in [1.807, 2.05) is 56.8 Å². The van der Waals surface area contributed by atoms with Crippen molar-refractivity contribution in [2.45, 2.75) is 26.8 Å². The van der Waals surface area contributed by atoms with E-state index in [-0.39, 0.29) is 11.9 Å². The second-order valence-electron chi connectivity index (χ2n) is 6.04. The number of H-pyrrole nitrogens is 1. The third kappa shape index (κ3) is 2.75. The first kappa shape index (κ1) is 16.1. The van der Waals surface area contributed by atoms with E-state index in [9.17, 15) is 4.79 Å². The summed E-state index contributed by atoms with van der Waals surface area (Å²) < 4.78 is 7.05. The van der Waals surface area contributed by atoms with Gasteiger partial charge in [-0.1, -0.05) is 0 Å². The van der Waals surface area contributed by atoms with E-state index in [4.69, 9.17) is 4.74 Å². The predicted molar refractivity (Wildman–Crippen MR) is 93.4 cm³/mol. The van der Waals surface area contributed by atoms with Crippen LogP contribution < -0.4 is 10.1 Å². The second kappa shape index (κ2) is 6.03. The van der Waals surface area contributed by atoms with Crippen LogP contribution in [0.4, 0.5) is 0 Å². The van der Waals surface area contributed by atoms with Crippen LogP contribution in [-0.2, 0) is 7.05 Å². The van der Waals surface area contributed by atoms with Crippen molar-refractivity contribution in [2.24, 2.45) is 7.05 Å². The van der Waals surface area contributed by atoms with E-state index < -0.39 is 0 Å². The monoisotopic (exact) mass is 326 g/mol. The van der Waals surface area contributed by atoms with E-state index >= 15 is 0 Å². The molecule has 0 bridgehead atoms. The number of aromatic nitrogens is 3. The maximum Gasteiger partial charge on any atom is 0.268 e. The molecule has 0 saturated heterocycles. The summed E-state index contributed by atoms with van der Waals surface area (Å²) in [4.78, 5) is 15.7. The van der Waals surface area contributed by atoms with Gasteiger partial charge in [-0.2, -0.15) is 5.10 Å². The molecule has 1 aromatic carbocycles. The molecule has 0 aliphatic rings. The van der Waals surface area contributed by atoms with Gasteiger partial charge >= 0.3 is 0 Å². The van der Waals surface area contributed by atoms with Crippen LogP contribution in [0, 0.1) is 13.8 Å². The van der Waals surface area contributed by atoms with E-state index in [0.29, 0.717) is 5.69 Å². The van der Waals surface area contributed by atoms with Gasteiger partial charge in [0.2, 0.25) is 0 Å². The molecule has 0 aliphatic carbocycles. The lowest BCUT2D eigenvalue weighted by molar-refractivity contribution is 0.0935. The summed E-state index contributed by atoms with van der Waals surface area (Å²) in [6.07, 6.45) is 0. The van der Waals surface area contributed by atoms with Gasteiger partial charge in [0, 0.05) is 35.3 Å². The zero-order chi connectivity index (χ0) is 17.4. The van der Waals surface area contributed by atoms with Crippen molar-refractivity contribution < 1.29 is 9.53 Å². The highest BCUT2D eigenvalue weighted by Gasteiger charge is 2.19. The number of hydrogen-bond donors (Lipinski definition) is 2. The molecule has 3 aromatic rings. The fourth-order valence-corrected chi connectivity index (χ4v) is 3.12. The molecular formula is C18H22N4O2. The van der Waals surface area contributed by atoms with Gasteiger partial charge in [0.05, 0.1) is 18.8 Å². The summed E-state index contributed by atoms with van der Waals surface area (Å²) in [6.45, 7) is 5.94. The van der Waals surface area contributed by atoms with Crippen molar-refractivity contribution >= 4 is 16.8 Å². The topological polar surface area (TPSA) is 71.9 Å². The van der Waals surface area contributed by atoms with Crippen molar-refractivity contribution in [1.29, 1.82) is 0 Å². The highest BCUT2D eigenvalue weighted by molar-refractivity contribution is 5.98. The number of nitrogens with zero attached hydrogens (tertiary/aromatic N) is 2. The maximum atomic E-state index is 12.6. The van der Waals surface area contributed by atoms with Crippen LogP contribution in [0.5, 0.6) is 5.75 Å². The normalized spacial score (nSPS) is 12.4. The number of ether oxygens (including phenoxy) is 1. The summed E-state index contributed by atoms with van der Waals surface area (Å²) in [6, 6.07) is 7.42. The molecule has 1 amide bonds. The van der Waals surface area contributed by atoms with Crippen molar-refractivity contribution in [1.82, 2.24) is 20.1 Å². The van der Waals surface area contributed by atoms with Crippen molar-refractivity contribution in [2.75, 3.05) is 7.11 Å². The fourth-order valence-electron chi connectivity index (χ4n) is 3.12. The van der Waals surface area contributed by atoms with Crippen LogP contribution in [0.15, 0.2) is 24.3 Å². The van der Waals surface area contributed by atoms with E-state index in [1.165, 1.54) is 0 Å². The zero-order valence-corrected chi connectivity index (χ0v) is 14.6. The highest BCUT2D eigenvalue weighted by atomic mass is 16.5. The van der Waals surface area contributed by atoms with Gasteiger partial charge in [-0.05, 0) is 39.0 Å². The Kier molecular flexibility index (Phi) is 4.05. The van der Waals surface area contributed by atoms with Crippen LogP contribution >= 0.6 is 0 Å². The minimum Gasteiger partial charge on any atom is -0.497 e. The van der Waals surface area contributed by atoms with Crippen molar-refractivity contribution in [3.8, 4) is 5.75 Å². The lowest BCUT2D eigenvalue weighted by Gasteiger charge is -2.14. The average Bonchev–Trinajstić information content (AvgIpc) is 3.07. The van der Waals surface area contributed by atoms with E-state index in [0.717, 1.165) is 33.6 Å². The van der Waals surface area contributed by atoms with Crippen LogP contribution in [0.3, 0.4) is 0 Å². The summed E-state index contributed by atoms with van der Waals surface area (Å²) in [5.74, 6) is 0.617. The largest absolute Gasteiger partial charge is 0.497 e. The number of nitrogens with one attached hydrogen (secondary N) is 2. The quantitative estimate of drug-likeness (QED) is 0.774. The first-order chi connectivity index (χ1) is 11.4. The molecule has 0 aliphatic heterocycles. The predicted octanol–water partition coefficient (Wildman–Crippen LogP) is 3.02. The third-order valence-corrected chi connectivity index (χ3v) is 4.42. The van der Waals surface area contributed by atoms with E-state index in [1.54, 1.807) is 7.11 Å². The number of aryl methyl sites for hydroxylation is 2. The molecule has 126 valence electrons. The molecule has 6 nitrogen and oxygen atoms in total. The van der Waals surface area contributed by atoms with Gasteiger partial charge in [-0.3, -0.25) is 9.48 Å². The lowest BCUT2D eigenvalue weighted by atomic mass is 10.1. The average molecular weight is 326 g/mol. The molecule has 24 heavy (non-hydrogen) atoms. The molecular weight excluding hydrogens is 304 g/mol. The molecule has 0 fully saturated rings. The van der Waals surface area contributed by atoms with Gasteiger partial charge in [0.15, 0.2) is 0 Å². The number of amides is 1. The summed E-state index contributed by atoms with van der Waals surface area (Å²) in [7, 11) is 3.53. The molecule has 3 rings (SSSR count). The molecule has 2 aromatic heterocycles. The Morgan fingerprint density at radius 1 is 1.33 bits per heavy atom. The molecule has 1 atom stereocenters. The number of fused-ring (bicyclic) bond motifs is 1. The van der Waals surface area contributed by atoms with Crippen LogP contribution in [0.2, 0.25) is 0 Å². The molecule has 2 heterocycles. The lowest BCUT2D eigenvalue weighted by Crippen LogP contribution is -2.27. The number of aromatic amines is 1. The van der Waals surface area contributed by atoms with Crippen molar-refractivity contribution in [3.05, 3.63) is 46.9 Å².